The maximum absolute atomic E-state index is 12.3. The Kier molecular flexibility index (Phi) is 3.59. The summed E-state index contributed by atoms with van der Waals surface area (Å²) in [6.45, 7) is -0.149. The Bertz CT molecular complexity index is 651. The smallest absolute Gasteiger partial charge is 0.165 e. The molecule has 0 aliphatic heterocycles. The fourth-order valence-electron chi connectivity index (χ4n) is 2.87. The third kappa shape index (κ3) is 2.48. The maximum atomic E-state index is 12.3. The van der Waals surface area contributed by atoms with Crippen molar-refractivity contribution < 1.29 is 9.90 Å². The van der Waals surface area contributed by atoms with Crippen molar-refractivity contribution in [3.8, 4) is 0 Å². The molecule has 0 spiro atoms. The number of benzene rings is 2. The van der Waals surface area contributed by atoms with Gasteiger partial charge in [-0.1, -0.05) is 54.6 Å². The molecule has 0 bridgehead atoms. The molecule has 0 aromatic heterocycles. The van der Waals surface area contributed by atoms with E-state index < -0.39 is 11.5 Å². The zero-order valence-electron chi connectivity index (χ0n) is 11.6. The zero-order chi connectivity index (χ0) is 14.7. The minimum atomic E-state index is -0.792. The average Bonchev–Trinajstić information content (AvgIpc) is 2.86. The average molecular weight is 279 g/mol. The highest BCUT2D eigenvalue weighted by atomic mass is 16.3. The number of carbonyl (C=O) groups excluding carboxylic acids is 1. The molecular formula is C18H17NO2. The number of hydrogen-bond acceptors (Lipinski definition) is 3. The van der Waals surface area contributed by atoms with Gasteiger partial charge in [0.15, 0.2) is 5.78 Å². The zero-order valence-corrected chi connectivity index (χ0v) is 11.6. The number of para-hydroxylation sites is 1. The number of allylic oxidation sites excluding steroid dienone is 1. The first-order valence-corrected chi connectivity index (χ1v) is 6.97. The maximum Gasteiger partial charge on any atom is 0.165 e. The van der Waals surface area contributed by atoms with E-state index in [9.17, 15) is 9.90 Å². The molecule has 0 saturated heterocycles. The van der Waals surface area contributed by atoms with Gasteiger partial charge in [0.25, 0.3) is 0 Å². The van der Waals surface area contributed by atoms with Gasteiger partial charge in [-0.15, -0.1) is 0 Å². The van der Waals surface area contributed by atoms with E-state index in [1.54, 1.807) is 12.2 Å². The molecule has 3 nitrogen and oxygen atoms in total. The van der Waals surface area contributed by atoms with Crippen molar-refractivity contribution in [3.63, 3.8) is 0 Å². The van der Waals surface area contributed by atoms with Gasteiger partial charge < -0.3 is 10.4 Å². The van der Waals surface area contributed by atoms with Gasteiger partial charge in [-0.2, -0.15) is 0 Å². The Morgan fingerprint density at radius 2 is 1.62 bits per heavy atom. The van der Waals surface area contributed by atoms with E-state index in [1.807, 2.05) is 60.7 Å². The van der Waals surface area contributed by atoms with Crippen LogP contribution < -0.4 is 5.32 Å². The van der Waals surface area contributed by atoms with Crippen LogP contribution in [0.2, 0.25) is 0 Å². The van der Waals surface area contributed by atoms with Gasteiger partial charge >= 0.3 is 0 Å². The number of aliphatic hydroxyl groups excluding tert-OH is 1. The molecule has 3 rings (SSSR count). The Hall–Kier alpha value is -2.39. The van der Waals surface area contributed by atoms with Crippen LogP contribution in [-0.4, -0.2) is 23.0 Å². The number of anilines is 1. The number of aliphatic hydroxyl groups is 1. The van der Waals surface area contributed by atoms with Crippen molar-refractivity contribution in [2.75, 3.05) is 11.9 Å². The van der Waals surface area contributed by atoms with Crippen LogP contribution in [0.15, 0.2) is 72.8 Å². The predicted molar refractivity (Wildman–Crippen MR) is 83.2 cm³/mol. The Morgan fingerprint density at radius 1 is 1.00 bits per heavy atom. The summed E-state index contributed by atoms with van der Waals surface area (Å²) in [7, 11) is 0. The molecule has 0 amide bonds. The summed E-state index contributed by atoms with van der Waals surface area (Å²) < 4.78 is 0. The summed E-state index contributed by atoms with van der Waals surface area (Å²) in [5, 5.41) is 13.3. The molecular weight excluding hydrogens is 262 g/mol. The molecule has 21 heavy (non-hydrogen) atoms. The van der Waals surface area contributed by atoms with Crippen LogP contribution in [0.3, 0.4) is 0 Å². The van der Waals surface area contributed by atoms with Gasteiger partial charge in [0.1, 0.15) is 0 Å². The molecule has 1 aliphatic carbocycles. The van der Waals surface area contributed by atoms with Gasteiger partial charge in [-0.05, 0) is 23.8 Å². The van der Waals surface area contributed by atoms with Gasteiger partial charge in [-0.3, -0.25) is 4.79 Å². The minimum absolute atomic E-state index is 0.0127. The number of hydrogen-bond donors (Lipinski definition) is 2. The van der Waals surface area contributed by atoms with Gasteiger partial charge in [0.2, 0.25) is 0 Å². The van der Waals surface area contributed by atoms with Crippen LogP contribution in [0.1, 0.15) is 11.5 Å². The third-order valence-corrected chi connectivity index (χ3v) is 3.89. The van der Waals surface area contributed by atoms with Crippen molar-refractivity contribution in [3.05, 3.63) is 78.4 Å². The SMILES string of the molecule is O=C1C=C[C@](CO)(Nc2ccccc2)C1c1ccccc1. The molecule has 106 valence electrons. The highest BCUT2D eigenvalue weighted by molar-refractivity contribution is 6.01. The Morgan fingerprint density at radius 3 is 2.24 bits per heavy atom. The van der Waals surface area contributed by atoms with Gasteiger partial charge in [0, 0.05) is 5.69 Å². The minimum Gasteiger partial charge on any atom is -0.394 e. The topological polar surface area (TPSA) is 49.3 Å². The second kappa shape index (κ2) is 5.54. The van der Waals surface area contributed by atoms with Crippen molar-refractivity contribution in [1.29, 1.82) is 0 Å². The molecule has 0 heterocycles. The van der Waals surface area contributed by atoms with E-state index in [-0.39, 0.29) is 12.4 Å². The number of carbonyl (C=O) groups is 1. The largest absolute Gasteiger partial charge is 0.394 e. The van der Waals surface area contributed by atoms with Crippen LogP contribution in [0, 0.1) is 0 Å². The van der Waals surface area contributed by atoms with Gasteiger partial charge in [0.05, 0.1) is 18.1 Å². The van der Waals surface area contributed by atoms with E-state index in [1.165, 1.54) is 0 Å². The molecule has 2 aromatic rings. The molecule has 3 heteroatoms. The standard InChI is InChI=1S/C18H17NO2/c20-13-18(19-15-9-5-2-6-10-15)12-11-16(21)17(18)14-7-3-1-4-8-14/h1-12,17,19-20H,13H2/t17?,18-/m1/s1. The summed E-state index contributed by atoms with van der Waals surface area (Å²) in [4.78, 5) is 12.3. The quantitative estimate of drug-likeness (QED) is 0.904. The van der Waals surface area contributed by atoms with Crippen LogP contribution in [0.25, 0.3) is 0 Å². The normalized spacial score (nSPS) is 24.2. The Balaban J connectivity index is 1.99. The van der Waals surface area contributed by atoms with Gasteiger partial charge in [-0.25, -0.2) is 0 Å². The highest BCUT2D eigenvalue weighted by Gasteiger charge is 2.44. The fourth-order valence-corrected chi connectivity index (χ4v) is 2.87. The fraction of sp³-hybridized carbons (Fsp3) is 0.167. The molecule has 1 unspecified atom stereocenters. The summed E-state index contributed by atoms with van der Waals surface area (Å²) in [6.07, 6.45) is 3.34. The second-order valence-electron chi connectivity index (χ2n) is 5.27. The lowest BCUT2D eigenvalue weighted by Gasteiger charge is -2.34. The first-order valence-electron chi connectivity index (χ1n) is 6.97. The van der Waals surface area contributed by atoms with E-state index in [4.69, 9.17) is 0 Å². The van der Waals surface area contributed by atoms with E-state index in [0.717, 1.165) is 11.3 Å². The number of ketones is 1. The van der Waals surface area contributed by atoms with Crippen LogP contribution in [0.4, 0.5) is 5.69 Å². The molecule has 1 aliphatic rings. The van der Waals surface area contributed by atoms with Crippen molar-refractivity contribution in [1.82, 2.24) is 0 Å². The summed E-state index contributed by atoms with van der Waals surface area (Å²) >= 11 is 0. The summed E-state index contributed by atoms with van der Waals surface area (Å²) in [5.41, 5.74) is 0.997. The van der Waals surface area contributed by atoms with Crippen molar-refractivity contribution in [2.24, 2.45) is 0 Å². The first-order chi connectivity index (χ1) is 10.2. The molecule has 2 atom stereocenters. The van der Waals surface area contributed by atoms with Crippen molar-refractivity contribution >= 4 is 11.5 Å². The number of rotatable bonds is 4. The van der Waals surface area contributed by atoms with Crippen molar-refractivity contribution in [2.45, 2.75) is 11.5 Å². The monoisotopic (exact) mass is 279 g/mol. The van der Waals surface area contributed by atoms with E-state index in [0.29, 0.717) is 0 Å². The molecule has 2 N–H and O–H groups in total. The van der Waals surface area contributed by atoms with E-state index in [2.05, 4.69) is 5.32 Å². The molecule has 0 radical (unpaired) electrons. The summed E-state index contributed by atoms with van der Waals surface area (Å²) in [6, 6.07) is 19.2. The summed E-state index contributed by atoms with van der Waals surface area (Å²) in [5.74, 6) is -0.400. The van der Waals surface area contributed by atoms with Crippen LogP contribution >= 0.6 is 0 Å². The lowest BCUT2D eigenvalue weighted by atomic mass is 9.81. The molecule has 0 saturated carbocycles. The predicted octanol–water partition coefficient (Wildman–Crippen LogP) is 2.75. The molecule has 0 fully saturated rings. The highest BCUT2D eigenvalue weighted by Crippen LogP contribution is 2.38. The third-order valence-electron chi connectivity index (χ3n) is 3.89. The first kappa shape index (κ1) is 13.6. The number of nitrogens with one attached hydrogen (secondary N) is 1. The van der Waals surface area contributed by atoms with Crippen LogP contribution in [0.5, 0.6) is 0 Å². The molecule has 2 aromatic carbocycles. The lowest BCUT2D eigenvalue weighted by Crippen LogP contribution is -2.45. The lowest BCUT2D eigenvalue weighted by molar-refractivity contribution is -0.116. The Labute approximate surface area is 123 Å². The second-order valence-corrected chi connectivity index (χ2v) is 5.27. The van der Waals surface area contributed by atoms with Crippen LogP contribution in [-0.2, 0) is 4.79 Å². The van der Waals surface area contributed by atoms with E-state index >= 15 is 0 Å².